The number of carbonyl (C=O) groups excluding carboxylic acids is 2. The summed E-state index contributed by atoms with van der Waals surface area (Å²) in [6, 6.07) is -3.36. The van der Waals surface area contributed by atoms with Gasteiger partial charge in [0.15, 0.2) is 31.5 Å². The minimum atomic E-state index is -5.09. The van der Waals surface area contributed by atoms with Crippen LogP contribution in [0.5, 0.6) is 0 Å². The van der Waals surface area contributed by atoms with Crippen LogP contribution >= 0.6 is 0 Å². The summed E-state index contributed by atoms with van der Waals surface area (Å²) < 4.78 is 87.4. The molecule has 2 amide bonds. The quantitative estimate of drug-likeness (QED) is 0.0639. The van der Waals surface area contributed by atoms with Crippen molar-refractivity contribution in [2.75, 3.05) is 26.4 Å². The van der Waals surface area contributed by atoms with E-state index in [1.165, 1.54) is 6.92 Å². The van der Waals surface area contributed by atoms with Crippen molar-refractivity contribution in [2.45, 2.75) is 174 Å². The smallest absolute Gasteiger partial charge is 0.394 e. The summed E-state index contributed by atoms with van der Waals surface area (Å²) in [6.45, 7) is -0.599. The minimum absolute atomic E-state index is 0.780. The summed E-state index contributed by atoms with van der Waals surface area (Å²) in [7, 11) is -5.09. The summed E-state index contributed by atoms with van der Waals surface area (Å²) in [5.41, 5.74) is 0. The number of hydrogen-bond donors (Lipinski definition) is 16. The average Bonchev–Trinajstić information content (AvgIpc) is 3.23. The molecule has 31 heteroatoms. The van der Waals surface area contributed by atoms with E-state index in [9.17, 15) is 84.4 Å². The van der Waals surface area contributed by atoms with Crippen molar-refractivity contribution in [3.8, 4) is 0 Å². The highest BCUT2D eigenvalue weighted by atomic mass is 32.3. The molecule has 0 aromatic heterocycles. The summed E-state index contributed by atoms with van der Waals surface area (Å²) in [5.74, 6) is -1.62. The minimum Gasteiger partial charge on any atom is -0.394 e. The number of ether oxygens (including phenoxy) is 9. The van der Waals surface area contributed by atoms with Gasteiger partial charge in [-0.25, -0.2) is 4.18 Å². The van der Waals surface area contributed by atoms with E-state index in [-0.39, 0.29) is 0 Å². The van der Waals surface area contributed by atoms with Crippen molar-refractivity contribution in [1.82, 2.24) is 10.6 Å². The van der Waals surface area contributed by atoms with Crippen LogP contribution in [-0.2, 0) is 66.8 Å². The molecule has 0 aliphatic carbocycles. The first-order chi connectivity index (χ1) is 30.4. The van der Waals surface area contributed by atoms with Gasteiger partial charge in [0, 0.05) is 13.8 Å². The molecule has 5 rings (SSSR count). The molecule has 0 aromatic rings. The lowest BCUT2D eigenvalue weighted by Gasteiger charge is -2.51. The Bertz CT molecular complexity index is 1670. The van der Waals surface area contributed by atoms with Crippen molar-refractivity contribution >= 4 is 22.2 Å². The van der Waals surface area contributed by atoms with E-state index in [1.807, 2.05) is 0 Å². The second-order valence-electron chi connectivity index (χ2n) is 16.0. The Labute approximate surface area is 368 Å². The second kappa shape index (κ2) is 22.6. The largest absolute Gasteiger partial charge is 0.397 e. The standard InChI is InChI=1S/C34H58N2O28S/c1-8-17(41)23(47)25(49)32(57-8)64-29-28(63-33-26(50)24(48)18(42)11(4-37)59-33)20(44)12(5-38)60-34(29)62-27-16(36-10(3)40)30(51)58-13(21(27)45)6-55-31-15(35-9(2)39)22(46)19(43)14(61-31)7-56-65(52,53)54/h8,11-34,37-38,41-51H,4-7H2,1-3H3,(H,35,39)(H,36,40)(H,52,53,54)/t8-,11+,12+,13+,14+,15+,16+,17+,18-,19+,20-,21-,22+,23+,24-,25-,26+,27+,28-,29+,30+,31+,32-,33-,34-/m0/s1. The van der Waals surface area contributed by atoms with Crippen molar-refractivity contribution in [3.05, 3.63) is 0 Å². The predicted molar refractivity (Wildman–Crippen MR) is 199 cm³/mol. The molecular formula is C34H58N2O28S. The second-order valence-corrected chi connectivity index (χ2v) is 17.1. The first-order valence-electron chi connectivity index (χ1n) is 20.1. The van der Waals surface area contributed by atoms with Gasteiger partial charge in [0.1, 0.15) is 116 Å². The van der Waals surface area contributed by atoms with Crippen LogP contribution < -0.4 is 10.6 Å². The zero-order valence-electron chi connectivity index (χ0n) is 34.6. The third kappa shape index (κ3) is 12.6. The molecule has 0 bridgehead atoms. The summed E-state index contributed by atoms with van der Waals surface area (Å²) in [4.78, 5) is 24.5. The Morgan fingerprint density at radius 1 is 0.508 bits per heavy atom. The molecule has 0 spiro atoms. The van der Waals surface area contributed by atoms with Gasteiger partial charge in [0.2, 0.25) is 11.8 Å². The van der Waals surface area contributed by atoms with Crippen molar-refractivity contribution in [2.24, 2.45) is 0 Å². The highest BCUT2D eigenvalue weighted by Gasteiger charge is 2.57. The fourth-order valence-corrected chi connectivity index (χ4v) is 8.09. The molecule has 0 radical (unpaired) electrons. The van der Waals surface area contributed by atoms with Crippen LogP contribution in [0.15, 0.2) is 0 Å². The third-order valence-corrected chi connectivity index (χ3v) is 11.7. The van der Waals surface area contributed by atoms with E-state index in [2.05, 4.69) is 14.8 Å². The van der Waals surface area contributed by atoms with E-state index in [4.69, 9.17) is 47.2 Å². The van der Waals surface area contributed by atoms with E-state index in [1.54, 1.807) is 0 Å². The Balaban J connectivity index is 1.48. The Morgan fingerprint density at radius 2 is 0.969 bits per heavy atom. The van der Waals surface area contributed by atoms with Crippen molar-refractivity contribution < 1.29 is 136 Å². The maximum Gasteiger partial charge on any atom is 0.397 e. The van der Waals surface area contributed by atoms with Gasteiger partial charge in [-0.2, -0.15) is 8.42 Å². The molecule has 5 heterocycles. The molecule has 378 valence electrons. The highest BCUT2D eigenvalue weighted by molar-refractivity contribution is 7.80. The van der Waals surface area contributed by atoms with Gasteiger partial charge < -0.3 is 120 Å². The van der Waals surface area contributed by atoms with Crippen LogP contribution in [0.1, 0.15) is 20.8 Å². The number of aliphatic hydroxyl groups is 13. The number of carbonyl (C=O) groups is 2. The molecule has 5 saturated heterocycles. The van der Waals surface area contributed by atoms with Crippen LogP contribution in [0, 0.1) is 0 Å². The molecular weight excluding hydrogens is 916 g/mol. The van der Waals surface area contributed by atoms with Gasteiger partial charge in [-0.3, -0.25) is 14.1 Å². The molecule has 5 aliphatic heterocycles. The maximum absolute atomic E-state index is 12.4. The molecule has 5 aliphatic rings. The van der Waals surface area contributed by atoms with Gasteiger partial charge >= 0.3 is 10.4 Å². The molecule has 16 N–H and O–H groups in total. The Morgan fingerprint density at radius 3 is 1.55 bits per heavy atom. The Hall–Kier alpha value is -2.07. The summed E-state index contributed by atoms with van der Waals surface area (Å²) in [5, 5.41) is 144. The van der Waals surface area contributed by atoms with Crippen molar-refractivity contribution in [1.29, 1.82) is 0 Å². The van der Waals surface area contributed by atoms with Crippen molar-refractivity contribution in [3.63, 3.8) is 0 Å². The van der Waals surface area contributed by atoms with Gasteiger partial charge in [-0.05, 0) is 6.92 Å². The fourth-order valence-electron chi connectivity index (χ4n) is 7.79. The Kier molecular flexibility index (Phi) is 18.7. The van der Waals surface area contributed by atoms with E-state index in [0.29, 0.717) is 0 Å². The van der Waals surface area contributed by atoms with E-state index in [0.717, 1.165) is 13.8 Å². The van der Waals surface area contributed by atoms with Gasteiger partial charge in [-0.15, -0.1) is 0 Å². The number of hydrogen-bond acceptors (Lipinski definition) is 27. The summed E-state index contributed by atoms with van der Waals surface area (Å²) >= 11 is 0. The maximum atomic E-state index is 12.4. The monoisotopic (exact) mass is 974 g/mol. The van der Waals surface area contributed by atoms with Crippen LogP contribution in [0.2, 0.25) is 0 Å². The lowest BCUT2D eigenvalue weighted by Crippen LogP contribution is -2.70. The number of amides is 2. The number of nitrogens with one attached hydrogen (secondary N) is 2. The topological polar surface area (TPSA) is 468 Å². The molecule has 65 heavy (non-hydrogen) atoms. The summed E-state index contributed by atoms with van der Waals surface area (Å²) in [6.07, 6.45) is -43.7. The van der Waals surface area contributed by atoms with Crippen LogP contribution in [0.4, 0.5) is 0 Å². The zero-order valence-corrected chi connectivity index (χ0v) is 35.5. The third-order valence-electron chi connectivity index (χ3n) is 11.3. The van der Waals surface area contributed by atoms with Crippen LogP contribution in [0.25, 0.3) is 0 Å². The fraction of sp³-hybridized carbons (Fsp3) is 0.941. The lowest BCUT2D eigenvalue weighted by molar-refractivity contribution is -0.401. The van der Waals surface area contributed by atoms with Gasteiger partial charge in [0.05, 0.1) is 32.5 Å². The zero-order chi connectivity index (χ0) is 48.4. The van der Waals surface area contributed by atoms with Gasteiger partial charge in [0.25, 0.3) is 0 Å². The number of rotatable bonds is 16. The van der Waals surface area contributed by atoms with Crippen LogP contribution in [0.3, 0.4) is 0 Å². The molecule has 0 aromatic carbocycles. The molecule has 5 fully saturated rings. The predicted octanol–water partition coefficient (Wildman–Crippen LogP) is -10.8. The van der Waals surface area contributed by atoms with E-state index < -0.39 is 202 Å². The molecule has 0 saturated carbocycles. The van der Waals surface area contributed by atoms with E-state index >= 15 is 0 Å². The molecule has 25 atom stereocenters. The number of aliphatic hydroxyl groups excluding tert-OH is 13. The first-order valence-corrected chi connectivity index (χ1v) is 21.5. The SMILES string of the molecule is CC(=O)N[C@@H]1[C@@H](O[C@@H]2O[C@H](CO)[C@H](O)[C@H](O[C@@H]3O[C@H](CO)[C@H](O)[C@H](O)[C@H]3O)[C@H]2O[C@@H]2O[C@@H](C)[C@@H](O)[C@@H](O)[C@@H]2O)[C@@H](O)[C@@H](CO[C@@H]2O[C@H](COS(=O)(=O)O)[C@@H](O)[C@H](O)[C@H]2NC(C)=O)O[C@H]1O. The normalized spacial score (nSPS) is 47.5. The highest BCUT2D eigenvalue weighted by Crippen LogP contribution is 2.36. The lowest BCUT2D eigenvalue weighted by atomic mass is 9.94. The van der Waals surface area contributed by atoms with Crippen LogP contribution in [-0.4, -0.2) is 271 Å². The first kappa shape index (κ1) is 53.9. The molecule has 30 nitrogen and oxygen atoms in total. The van der Waals surface area contributed by atoms with Gasteiger partial charge in [-0.1, -0.05) is 0 Å². The molecule has 0 unspecified atom stereocenters. The average molecular weight is 975 g/mol.